The van der Waals surface area contributed by atoms with E-state index in [-0.39, 0.29) is 11.2 Å². The first-order valence-electron chi connectivity index (χ1n) is 9.88. The fourth-order valence-corrected chi connectivity index (χ4v) is 6.34. The van der Waals surface area contributed by atoms with Crippen LogP contribution >= 0.6 is 0 Å². The fraction of sp³-hybridized carbons (Fsp3) is 0.619. The van der Waals surface area contributed by atoms with Crippen molar-refractivity contribution in [2.75, 3.05) is 7.11 Å². The number of benzene rings is 1. The van der Waals surface area contributed by atoms with Gasteiger partial charge < -0.3 is 8.92 Å². The third kappa shape index (κ3) is 3.14. The van der Waals surface area contributed by atoms with Crippen molar-refractivity contribution in [1.29, 1.82) is 0 Å². The molecule has 0 aliphatic heterocycles. The molecule has 0 heterocycles. The van der Waals surface area contributed by atoms with Gasteiger partial charge in [-0.2, -0.15) is 21.6 Å². The molecule has 29 heavy (non-hydrogen) atoms. The Morgan fingerprint density at radius 2 is 1.86 bits per heavy atom. The van der Waals surface area contributed by atoms with Gasteiger partial charge in [0.25, 0.3) is 0 Å². The normalized spacial score (nSPS) is 31.6. The van der Waals surface area contributed by atoms with Crippen molar-refractivity contribution in [2.24, 2.45) is 17.3 Å². The van der Waals surface area contributed by atoms with Crippen LogP contribution in [0.5, 0.6) is 11.5 Å². The van der Waals surface area contributed by atoms with E-state index in [4.69, 9.17) is 4.74 Å². The highest BCUT2D eigenvalue weighted by Gasteiger charge is 2.52. The number of aryl methyl sites for hydroxylation is 1. The van der Waals surface area contributed by atoms with Gasteiger partial charge in [-0.1, -0.05) is 19.1 Å². The summed E-state index contributed by atoms with van der Waals surface area (Å²) in [6, 6.07) is 3.09. The van der Waals surface area contributed by atoms with E-state index in [1.165, 1.54) is 18.7 Å². The second-order valence-corrected chi connectivity index (χ2v) is 10.2. The topological polar surface area (TPSA) is 52.6 Å². The number of hydrogen-bond donors (Lipinski definition) is 0. The molecule has 0 radical (unpaired) electrons. The van der Waals surface area contributed by atoms with Crippen LogP contribution in [0.2, 0.25) is 0 Å². The minimum atomic E-state index is -5.75. The Labute approximate surface area is 169 Å². The zero-order valence-electron chi connectivity index (χ0n) is 16.5. The van der Waals surface area contributed by atoms with Crippen LogP contribution in [-0.4, -0.2) is 21.0 Å². The monoisotopic (exact) mass is 430 g/mol. The number of rotatable bonds is 3. The molecule has 4 nitrogen and oxygen atoms in total. The highest BCUT2D eigenvalue weighted by atomic mass is 32.2. The Morgan fingerprint density at radius 3 is 2.52 bits per heavy atom. The number of allylic oxidation sites excluding steroid dienone is 1. The number of alkyl halides is 3. The summed E-state index contributed by atoms with van der Waals surface area (Å²) in [4.78, 5) is 0. The third-order valence-electron chi connectivity index (χ3n) is 7.45. The van der Waals surface area contributed by atoms with E-state index in [0.717, 1.165) is 43.2 Å². The van der Waals surface area contributed by atoms with Crippen LogP contribution in [0.3, 0.4) is 0 Å². The largest absolute Gasteiger partial charge is 0.534 e. The molecule has 3 aliphatic carbocycles. The molecule has 2 saturated carbocycles. The van der Waals surface area contributed by atoms with Gasteiger partial charge in [-0.3, -0.25) is 0 Å². The minimum absolute atomic E-state index is 0.0152. The summed E-state index contributed by atoms with van der Waals surface area (Å²) in [7, 11) is -4.45. The van der Waals surface area contributed by atoms with Gasteiger partial charge in [0, 0.05) is 0 Å². The lowest BCUT2D eigenvalue weighted by molar-refractivity contribution is -0.0500. The molecule has 4 atom stereocenters. The van der Waals surface area contributed by atoms with Crippen molar-refractivity contribution in [2.45, 2.75) is 56.9 Å². The summed E-state index contributed by atoms with van der Waals surface area (Å²) in [5, 5.41) is 0. The first-order valence-corrected chi connectivity index (χ1v) is 11.3. The van der Waals surface area contributed by atoms with Crippen molar-refractivity contribution in [3.8, 4) is 11.5 Å². The van der Waals surface area contributed by atoms with Gasteiger partial charge in [-0.05, 0) is 85.0 Å². The Morgan fingerprint density at radius 1 is 1.14 bits per heavy atom. The molecular weight excluding hydrogens is 405 g/mol. The number of methoxy groups -OCH3 is 1. The van der Waals surface area contributed by atoms with Gasteiger partial charge >= 0.3 is 15.6 Å². The van der Waals surface area contributed by atoms with E-state index < -0.39 is 21.4 Å². The molecule has 2 fully saturated rings. The van der Waals surface area contributed by atoms with Gasteiger partial charge in [-0.15, -0.1) is 0 Å². The molecule has 0 spiro atoms. The van der Waals surface area contributed by atoms with Gasteiger partial charge in [0.15, 0.2) is 11.5 Å². The van der Waals surface area contributed by atoms with E-state index >= 15 is 0 Å². The lowest BCUT2D eigenvalue weighted by Gasteiger charge is -2.49. The van der Waals surface area contributed by atoms with Crippen LogP contribution in [0.4, 0.5) is 13.2 Å². The second kappa shape index (κ2) is 6.65. The summed E-state index contributed by atoms with van der Waals surface area (Å²) >= 11 is 0. The average Bonchev–Trinajstić information content (AvgIpc) is 2.94. The number of ether oxygens (including phenoxy) is 1. The van der Waals surface area contributed by atoms with Crippen LogP contribution in [0.15, 0.2) is 24.3 Å². The Bertz CT molecular complexity index is 953. The Hall–Kier alpha value is -1.70. The van der Waals surface area contributed by atoms with Gasteiger partial charge in [0.05, 0.1) is 7.11 Å². The van der Waals surface area contributed by atoms with Gasteiger partial charge in [-0.25, -0.2) is 0 Å². The van der Waals surface area contributed by atoms with Crippen molar-refractivity contribution >= 4 is 10.1 Å². The van der Waals surface area contributed by atoms with Gasteiger partial charge in [0.1, 0.15) is 0 Å². The van der Waals surface area contributed by atoms with Crippen molar-refractivity contribution in [3.05, 3.63) is 35.4 Å². The molecular formula is C21H25F3O4S. The van der Waals surface area contributed by atoms with Crippen LogP contribution in [0, 0.1) is 17.3 Å². The lowest BCUT2D eigenvalue weighted by Crippen LogP contribution is -2.40. The number of hydrogen-bond acceptors (Lipinski definition) is 4. The Kier molecular flexibility index (Phi) is 4.72. The summed E-state index contributed by atoms with van der Waals surface area (Å²) in [6.07, 6.45) is 5.83. The molecule has 8 heteroatoms. The highest BCUT2D eigenvalue weighted by molar-refractivity contribution is 7.88. The maximum absolute atomic E-state index is 12.7. The molecule has 160 valence electrons. The predicted molar refractivity (Wildman–Crippen MR) is 102 cm³/mol. The molecule has 0 amide bonds. The third-order valence-corrected chi connectivity index (χ3v) is 8.41. The molecule has 0 saturated heterocycles. The maximum atomic E-state index is 12.7. The molecule has 1 aromatic carbocycles. The van der Waals surface area contributed by atoms with Crippen LogP contribution in [0.25, 0.3) is 0 Å². The molecule has 1 aromatic rings. The molecule has 4 rings (SSSR count). The first-order chi connectivity index (χ1) is 13.5. The van der Waals surface area contributed by atoms with E-state index in [2.05, 4.69) is 17.7 Å². The first kappa shape index (κ1) is 20.6. The smallest absolute Gasteiger partial charge is 0.493 e. The molecule has 0 N–H and O–H groups in total. The van der Waals surface area contributed by atoms with Crippen molar-refractivity contribution in [1.82, 2.24) is 0 Å². The number of halogens is 3. The van der Waals surface area contributed by atoms with E-state index in [9.17, 15) is 21.6 Å². The van der Waals surface area contributed by atoms with Crippen molar-refractivity contribution in [3.63, 3.8) is 0 Å². The summed E-state index contributed by atoms with van der Waals surface area (Å²) in [5.41, 5.74) is -2.08. The maximum Gasteiger partial charge on any atom is 0.534 e. The standard InChI is InChI=1S/C21H25F3O4S/c1-12-4-7-17-15-6-5-13-10-19(28-29(25,26)21(22,23)24)18(27-3)11-16(13)14(15)8-9-20(12,17)2/h10-11,14-15,17H,1,4-9H2,2-3H3/t14?,15?,17?,20-/m1/s1. The lowest BCUT2D eigenvalue weighted by atomic mass is 9.55. The molecule has 0 aromatic heterocycles. The second-order valence-electron chi connectivity index (χ2n) is 8.70. The van der Waals surface area contributed by atoms with E-state index in [1.807, 2.05) is 0 Å². The molecule has 3 unspecified atom stereocenters. The van der Waals surface area contributed by atoms with Gasteiger partial charge in [0.2, 0.25) is 0 Å². The average molecular weight is 430 g/mol. The number of fused-ring (bicyclic) bond motifs is 5. The highest BCUT2D eigenvalue weighted by Crippen LogP contribution is 2.62. The van der Waals surface area contributed by atoms with Crippen LogP contribution < -0.4 is 8.92 Å². The van der Waals surface area contributed by atoms with Crippen LogP contribution in [-0.2, 0) is 16.5 Å². The minimum Gasteiger partial charge on any atom is -0.493 e. The van der Waals surface area contributed by atoms with Crippen LogP contribution in [0.1, 0.15) is 56.1 Å². The summed E-state index contributed by atoms with van der Waals surface area (Å²) in [5.74, 6) is 0.966. The zero-order valence-corrected chi connectivity index (χ0v) is 17.3. The molecule has 0 bridgehead atoms. The van der Waals surface area contributed by atoms with E-state index in [1.54, 1.807) is 6.07 Å². The fourth-order valence-electron chi connectivity index (χ4n) is 5.87. The van der Waals surface area contributed by atoms with E-state index in [0.29, 0.717) is 24.2 Å². The Balaban J connectivity index is 1.69. The van der Waals surface area contributed by atoms with Crippen molar-refractivity contribution < 1.29 is 30.5 Å². The predicted octanol–water partition coefficient (Wildman–Crippen LogP) is 5.34. The molecule has 3 aliphatic rings. The zero-order chi connectivity index (χ0) is 21.2. The quantitative estimate of drug-likeness (QED) is 0.369. The SMILES string of the molecule is C=C1CCC2C3CCc4cc(OS(=O)(=O)C(F)(F)F)c(OC)cc4C3CC[C@]12C. The summed E-state index contributed by atoms with van der Waals surface area (Å²) < 4.78 is 70.8. The summed E-state index contributed by atoms with van der Waals surface area (Å²) in [6.45, 7) is 6.62.